The van der Waals surface area contributed by atoms with Crippen molar-refractivity contribution in [3.05, 3.63) is 0 Å². The summed E-state index contributed by atoms with van der Waals surface area (Å²) in [6.07, 6.45) is -5.79. The van der Waals surface area contributed by atoms with Crippen LogP contribution < -0.4 is 0 Å². The molecule has 1 aliphatic rings. The van der Waals surface area contributed by atoms with Crippen LogP contribution in [0.2, 0.25) is 0 Å². The van der Waals surface area contributed by atoms with Gasteiger partial charge in [0.25, 0.3) is 0 Å². The van der Waals surface area contributed by atoms with E-state index in [1.165, 1.54) is 7.11 Å². The van der Waals surface area contributed by atoms with Gasteiger partial charge in [-0.3, -0.25) is 9.35 Å². The minimum absolute atomic E-state index is 0.00962. The molecule has 0 radical (unpaired) electrons. The summed E-state index contributed by atoms with van der Waals surface area (Å²) in [5, 5.41) is 41.7. The molecule has 0 spiro atoms. The summed E-state index contributed by atoms with van der Waals surface area (Å²) in [5.41, 5.74) is -1.23. The van der Waals surface area contributed by atoms with Crippen LogP contribution in [-0.2, 0) is 29.0 Å². The molecule has 0 aromatic carbocycles. The van der Waals surface area contributed by atoms with Gasteiger partial charge in [-0.1, -0.05) is 16.9 Å². The van der Waals surface area contributed by atoms with E-state index < -0.39 is 52.8 Å². The molecule has 26 heavy (non-hydrogen) atoms. The third-order valence-electron chi connectivity index (χ3n) is 3.33. The normalized spacial score (nSPS) is 30.1. The first-order valence-corrected chi connectivity index (χ1v) is 9.60. The van der Waals surface area contributed by atoms with Crippen molar-refractivity contribution >= 4 is 33.2 Å². The Bertz CT molecular complexity index is 594. The third kappa shape index (κ3) is 7.32. The van der Waals surface area contributed by atoms with Crippen LogP contribution in [0.5, 0.6) is 0 Å². The molecule has 1 aliphatic heterocycles. The van der Waals surface area contributed by atoms with Gasteiger partial charge in [-0.05, 0) is 12.8 Å². The van der Waals surface area contributed by atoms with E-state index in [4.69, 9.17) is 14.4 Å². The van der Waals surface area contributed by atoms with Gasteiger partial charge in [-0.2, -0.15) is 8.42 Å². The molecule has 152 valence electrons. The molecule has 0 aromatic heterocycles. The Balaban J connectivity index is 2.83. The number of aliphatic hydroxyl groups excluding tert-OH is 4. The summed E-state index contributed by atoms with van der Waals surface area (Å²) in [6, 6.07) is 0. The summed E-state index contributed by atoms with van der Waals surface area (Å²) in [4.78, 5) is 11.1. The Morgan fingerprint density at radius 3 is 2.38 bits per heavy atom. The second kappa shape index (κ2) is 10.4. The van der Waals surface area contributed by atoms with Crippen LogP contribution in [0.4, 0.5) is 0 Å². The summed E-state index contributed by atoms with van der Waals surface area (Å²) in [6.45, 7) is -0.641. The summed E-state index contributed by atoms with van der Waals surface area (Å²) in [5.74, 6) is -0.516. The zero-order valence-electron chi connectivity index (χ0n) is 13.7. The van der Waals surface area contributed by atoms with Gasteiger partial charge >= 0.3 is 16.4 Å². The van der Waals surface area contributed by atoms with Crippen molar-refractivity contribution < 1.29 is 51.9 Å². The van der Waals surface area contributed by atoms with Gasteiger partial charge in [-0.25, -0.2) is 4.28 Å². The van der Waals surface area contributed by atoms with Gasteiger partial charge in [0.1, 0.15) is 34.9 Å². The van der Waals surface area contributed by atoms with Gasteiger partial charge in [0.15, 0.2) is 0 Å². The van der Waals surface area contributed by atoms with E-state index in [1.807, 2.05) is 0 Å². The number of hydrogen-bond acceptors (Lipinski definition) is 12. The van der Waals surface area contributed by atoms with E-state index in [9.17, 15) is 28.5 Å². The van der Waals surface area contributed by atoms with Gasteiger partial charge in [-0.15, -0.1) is 0 Å². The number of carbonyl (C=O) groups is 1. The van der Waals surface area contributed by atoms with Crippen LogP contribution in [0.1, 0.15) is 19.3 Å². The minimum Gasteiger partial charge on any atom is -0.469 e. The molecule has 1 saturated heterocycles. The number of thioether (sulfide) groups is 1. The predicted octanol–water partition coefficient (Wildman–Crippen LogP) is -2.00. The van der Waals surface area contributed by atoms with Crippen molar-refractivity contribution in [2.24, 2.45) is 5.16 Å². The van der Waals surface area contributed by atoms with Crippen LogP contribution >= 0.6 is 11.8 Å². The molecular weight excluding hydrogens is 398 g/mol. The number of nitrogens with zero attached hydrogens (tertiary/aromatic N) is 1. The largest absolute Gasteiger partial charge is 0.469 e. The highest BCUT2D eigenvalue weighted by molar-refractivity contribution is 8.14. The topological polar surface area (TPSA) is 192 Å². The Hall–Kier alpha value is -1.00. The monoisotopic (exact) mass is 419 g/mol. The fourth-order valence-corrected chi connectivity index (χ4v) is 3.34. The van der Waals surface area contributed by atoms with E-state index in [1.54, 1.807) is 0 Å². The molecule has 0 saturated carbocycles. The van der Waals surface area contributed by atoms with E-state index in [0.717, 1.165) is 0 Å². The van der Waals surface area contributed by atoms with E-state index >= 15 is 0 Å². The molecule has 1 fully saturated rings. The highest BCUT2D eigenvalue weighted by Gasteiger charge is 2.44. The molecule has 0 unspecified atom stereocenters. The van der Waals surface area contributed by atoms with Crippen LogP contribution in [0.15, 0.2) is 5.16 Å². The molecule has 5 N–H and O–H groups in total. The second-order valence-corrected chi connectivity index (χ2v) is 7.41. The Morgan fingerprint density at radius 2 is 1.85 bits per heavy atom. The number of oxime groups is 1. The summed E-state index contributed by atoms with van der Waals surface area (Å²) >= 11 is 0.642. The molecule has 0 bridgehead atoms. The number of ether oxygens (including phenoxy) is 2. The number of rotatable bonds is 8. The first-order chi connectivity index (χ1) is 12.1. The lowest BCUT2D eigenvalue weighted by molar-refractivity contribution is -0.205. The van der Waals surface area contributed by atoms with Crippen molar-refractivity contribution in [3.8, 4) is 0 Å². The van der Waals surface area contributed by atoms with Crippen molar-refractivity contribution in [1.29, 1.82) is 0 Å². The highest BCUT2D eigenvalue weighted by Crippen LogP contribution is 2.30. The lowest BCUT2D eigenvalue weighted by Gasteiger charge is -2.39. The minimum atomic E-state index is -4.88. The number of methoxy groups -OCH3 is 1. The first-order valence-electron chi connectivity index (χ1n) is 7.36. The predicted molar refractivity (Wildman–Crippen MR) is 87.3 cm³/mol. The van der Waals surface area contributed by atoms with Crippen molar-refractivity contribution in [2.45, 2.75) is 49.1 Å². The van der Waals surface area contributed by atoms with Crippen LogP contribution in [0.25, 0.3) is 0 Å². The molecule has 12 nitrogen and oxygen atoms in total. The first kappa shape index (κ1) is 23.0. The second-order valence-electron chi connectivity index (χ2n) is 5.23. The van der Waals surface area contributed by atoms with Crippen LogP contribution in [-0.4, -0.2) is 88.0 Å². The van der Waals surface area contributed by atoms with Crippen molar-refractivity contribution in [1.82, 2.24) is 0 Å². The molecule has 14 heteroatoms. The zero-order valence-corrected chi connectivity index (χ0v) is 15.3. The lowest BCUT2D eigenvalue weighted by Crippen LogP contribution is -2.57. The van der Waals surface area contributed by atoms with Crippen molar-refractivity contribution in [2.75, 3.05) is 13.7 Å². The van der Waals surface area contributed by atoms with Crippen LogP contribution in [0.3, 0.4) is 0 Å². The molecule has 5 atom stereocenters. The smallest absolute Gasteiger partial charge is 0.466 e. The van der Waals surface area contributed by atoms with Crippen molar-refractivity contribution in [3.63, 3.8) is 0 Å². The molecular formula is C12H21NO11S2. The maximum atomic E-state index is 11.1. The standard InChI is InChI=1S/C12H21NO11S2/c1-22-8(15)4-2-3-7(13-24-26(19,20)21)25-12-11(18)10(17)9(16)6(5-14)23-12/h6,9-12,14,16-18H,2-5H2,1H3,(H,19,20,21)/b13-7-/t6-,9-,10+,11-,12+/m1/s1. The van der Waals surface area contributed by atoms with Crippen LogP contribution in [0, 0.1) is 0 Å². The van der Waals surface area contributed by atoms with E-state index in [2.05, 4.69) is 14.2 Å². The molecule has 0 amide bonds. The fourth-order valence-electron chi connectivity index (χ4n) is 2.00. The van der Waals surface area contributed by atoms with Gasteiger partial charge in [0.2, 0.25) is 0 Å². The fraction of sp³-hybridized carbons (Fsp3) is 0.833. The van der Waals surface area contributed by atoms with E-state index in [0.29, 0.717) is 11.8 Å². The average molecular weight is 419 g/mol. The maximum absolute atomic E-state index is 11.1. The number of aliphatic hydroxyl groups is 4. The van der Waals surface area contributed by atoms with Gasteiger partial charge < -0.3 is 29.9 Å². The number of hydrogen-bond donors (Lipinski definition) is 5. The quantitative estimate of drug-likeness (QED) is 0.0956. The summed E-state index contributed by atoms with van der Waals surface area (Å²) < 4.78 is 43.6. The maximum Gasteiger partial charge on any atom is 0.466 e. The highest BCUT2D eigenvalue weighted by atomic mass is 32.3. The SMILES string of the molecule is COC(=O)CCC/C(=N/OS(=O)(=O)O)S[C@@H]1O[C@H](CO)[C@@H](O)[C@H](O)[C@H]1O. The lowest BCUT2D eigenvalue weighted by atomic mass is 10.0. The molecule has 0 aromatic rings. The Labute approximate surface area is 153 Å². The Morgan fingerprint density at radius 1 is 1.19 bits per heavy atom. The average Bonchev–Trinajstić information content (AvgIpc) is 2.58. The van der Waals surface area contributed by atoms with Gasteiger partial charge in [0.05, 0.1) is 13.7 Å². The zero-order chi connectivity index (χ0) is 19.9. The third-order valence-corrected chi connectivity index (χ3v) is 4.77. The van der Waals surface area contributed by atoms with Gasteiger partial charge in [0, 0.05) is 6.42 Å². The number of esters is 1. The Kier molecular flexibility index (Phi) is 9.18. The van der Waals surface area contributed by atoms with E-state index in [-0.39, 0.29) is 24.3 Å². The molecule has 1 rings (SSSR count). The summed E-state index contributed by atoms with van der Waals surface area (Å²) in [7, 11) is -3.68. The molecule has 0 aliphatic carbocycles. The molecule has 1 heterocycles. The number of carbonyl (C=O) groups excluding carboxylic acids is 1.